The predicted molar refractivity (Wildman–Crippen MR) is 92.7 cm³/mol. The van der Waals surface area contributed by atoms with Gasteiger partial charge in [0.05, 0.1) is 0 Å². The van der Waals surface area contributed by atoms with Crippen molar-refractivity contribution in [1.82, 2.24) is 4.90 Å². The van der Waals surface area contributed by atoms with Gasteiger partial charge < -0.3 is 10.2 Å². The lowest BCUT2D eigenvalue weighted by atomic mass is 10.1. The van der Waals surface area contributed by atoms with Gasteiger partial charge in [0.1, 0.15) is 0 Å². The van der Waals surface area contributed by atoms with Crippen LogP contribution < -0.4 is 5.32 Å². The fourth-order valence-corrected chi connectivity index (χ4v) is 4.07. The summed E-state index contributed by atoms with van der Waals surface area (Å²) < 4.78 is 11.4. The number of benzene rings is 1. The highest BCUT2D eigenvalue weighted by Gasteiger charge is 2.28. The average molecular weight is 336 g/mol. The van der Waals surface area contributed by atoms with Crippen molar-refractivity contribution in [1.29, 1.82) is 0 Å². The molecule has 0 radical (unpaired) electrons. The van der Waals surface area contributed by atoms with Crippen LogP contribution >= 0.6 is 0 Å². The van der Waals surface area contributed by atoms with E-state index in [4.69, 9.17) is 0 Å². The Morgan fingerprint density at radius 1 is 1.26 bits per heavy atom. The zero-order chi connectivity index (χ0) is 16.8. The van der Waals surface area contributed by atoms with Gasteiger partial charge in [-0.2, -0.15) is 0 Å². The third-order valence-corrected chi connectivity index (χ3v) is 5.59. The molecule has 1 aromatic carbocycles. The summed E-state index contributed by atoms with van der Waals surface area (Å²) in [7, 11) is 0.875. The summed E-state index contributed by atoms with van der Waals surface area (Å²) in [6.07, 6.45) is 3.21. The first-order valence-electron chi connectivity index (χ1n) is 8.04. The molecular formula is C17H24N2O3S. The minimum Gasteiger partial charge on any atom is -0.334 e. The van der Waals surface area contributed by atoms with Gasteiger partial charge in [-0.05, 0) is 30.9 Å². The van der Waals surface area contributed by atoms with Crippen molar-refractivity contribution in [3.63, 3.8) is 0 Å². The molecule has 1 N–H and O–H groups in total. The van der Waals surface area contributed by atoms with E-state index in [0.29, 0.717) is 30.0 Å². The largest absolute Gasteiger partial charge is 0.334 e. The van der Waals surface area contributed by atoms with E-state index in [1.54, 1.807) is 7.05 Å². The van der Waals surface area contributed by atoms with E-state index in [-0.39, 0.29) is 6.04 Å². The second-order valence-corrected chi connectivity index (χ2v) is 7.55. The lowest BCUT2D eigenvalue weighted by Crippen LogP contribution is -2.45. The summed E-state index contributed by atoms with van der Waals surface area (Å²) in [6.45, 7) is 2.07. The van der Waals surface area contributed by atoms with Crippen molar-refractivity contribution < 1.29 is 13.8 Å². The van der Waals surface area contributed by atoms with Crippen LogP contribution in [0.5, 0.6) is 0 Å². The van der Waals surface area contributed by atoms with Crippen LogP contribution in [0.3, 0.4) is 0 Å². The highest BCUT2D eigenvalue weighted by atomic mass is 32.2. The highest BCUT2D eigenvalue weighted by Crippen LogP contribution is 2.18. The van der Waals surface area contributed by atoms with Crippen LogP contribution in [0.2, 0.25) is 0 Å². The smallest absolute Gasteiger partial charge is 0.313 e. The number of anilines is 1. The fourth-order valence-electron chi connectivity index (χ4n) is 2.80. The molecule has 1 aliphatic rings. The lowest BCUT2D eigenvalue weighted by molar-refractivity contribution is -0.143. The minimum atomic E-state index is -0.777. The number of amides is 2. The van der Waals surface area contributed by atoms with Crippen LogP contribution in [-0.2, 0) is 26.8 Å². The molecule has 1 aromatic rings. The molecule has 0 saturated carbocycles. The van der Waals surface area contributed by atoms with Crippen LogP contribution in [0.4, 0.5) is 5.69 Å². The number of para-hydroxylation sites is 1. The molecule has 2 amide bonds. The van der Waals surface area contributed by atoms with Gasteiger partial charge in [-0.3, -0.25) is 13.8 Å². The molecule has 0 aliphatic carbocycles. The molecule has 6 heteroatoms. The molecule has 0 aromatic heterocycles. The topological polar surface area (TPSA) is 66.5 Å². The SMILES string of the molecule is CCCc1ccccc1NC(=O)C(=O)N(C)C1CCS(=O)CC1. The molecule has 1 saturated heterocycles. The van der Waals surface area contributed by atoms with Crippen molar-refractivity contribution >= 4 is 28.3 Å². The first-order chi connectivity index (χ1) is 11.0. The second-order valence-electron chi connectivity index (χ2n) is 5.86. The molecule has 1 aliphatic heterocycles. The quantitative estimate of drug-likeness (QED) is 0.855. The number of carbonyl (C=O) groups excluding carboxylic acids is 2. The van der Waals surface area contributed by atoms with Crippen molar-refractivity contribution in [3.8, 4) is 0 Å². The molecule has 0 bridgehead atoms. The van der Waals surface area contributed by atoms with Crippen LogP contribution in [0.25, 0.3) is 0 Å². The van der Waals surface area contributed by atoms with Crippen LogP contribution in [0.1, 0.15) is 31.7 Å². The minimum absolute atomic E-state index is 0.00293. The average Bonchev–Trinajstić information content (AvgIpc) is 2.56. The van der Waals surface area contributed by atoms with Crippen LogP contribution in [-0.4, -0.2) is 45.5 Å². The van der Waals surface area contributed by atoms with Gasteiger partial charge in [0.15, 0.2) is 0 Å². The molecule has 1 fully saturated rings. The molecule has 0 atom stereocenters. The summed E-state index contributed by atoms with van der Waals surface area (Å²) in [6, 6.07) is 7.55. The van der Waals surface area contributed by atoms with E-state index in [1.165, 1.54) is 4.90 Å². The monoisotopic (exact) mass is 336 g/mol. The predicted octanol–water partition coefficient (Wildman–Crippen LogP) is 1.95. The van der Waals surface area contributed by atoms with Crippen LogP contribution in [0.15, 0.2) is 24.3 Å². The van der Waals surface area contributed by atoms with E-state index in [9.17, 15) is 13.8 Å². The fraction of sp³-hybridized carbons (Fsp3) is 0.529. The third-order valence-electron chi connectivity index (χ3n) is 4.20. The lowest BCUT2D eigenvalue weighted by Gasteiger charge is -2.30. The highest BCUT2D eigenvalue weighted by molar-refractivity contribution is 7.85. The molecule has 0 spiro atoms. The van der Waals surface area contributed by atoms with Gasteiger partial charge in [0, 0.05) is 41.1 Å². The Labute approximate surface area is 139 Å². The molecular weight excluding hydrogens is 312 g/mol. The Balaban J connectivity index is 2.00. The Kier molecular flexibility index (Phi) is 6.33. The second kappa shape index (κ2) is 8.24. The molecule has 1 heterocycles. The maximum Gasteiger partial charge on any atom is 0.313 e. The van der Waals surface area contributed by atoms with E-state index in [2.05, 4.69) is 12.2 Å². The number of hydrogen-bond donors (Lipinski definition) is 1. The van der Waals surface area contributed by atoms with Gasteiger partial charge in [0.25, 0.3) is 0 Å². The summed E-state index contributed by atoms with van der Waals surface area (Å²) in [5.74, 6) is 0.0590. The van der Waals surface area contributed by atoms with Crippen molar-refractivity contribution in [2.24, 2.45) is 0 Å². The first kappa shape index (κ1) is 17.7. The molecule has 2 rings (SSSR count). The van der Waals surface area contributed by atoms with Gasteiger partial charge in [-0.1, -0.05) is 31.5 Å². The standard InChI is InChI=1S/C17H24N2O3S/c1-3-6-13-7-4-5-8-15(13)18-16(20)17(21)19(2)14-9-11-23(22)12-10-14/h4-5,7-8,14H,3,6,9-12H2,1-2H3,(H,18,20). The Morgan fingerprint density at radius 2 is 1.91 bits per heavy atom. The molecule has 5 nitrogen and oxygen atoms in total. The maximum atomic E-state index is 12.3. The van der Waals surface area contributed by atoms with Crippen molar-refractivity contribution in [2.45, 2.75) is 38.6 Å². The zero-order valence-electron chi connectivity index (χ0n) is 13.7. The normalized spacial score (nSPS) is 20.8. The zero-order valence-corrected chi connectivity index (χ0v) is 14.5. The number of hydrogen-bond acceptors (Lipinski definition) is 3. The Hall–Kier alpha value is -1.69. The first-order valence-corrected chi connectivity index (χ1v) is 9.52. The molecule has 23 heavy (non-hydrogen) atoms. The van der Waals surface area contributed by atoms with Gasteiger partial charge in [-0.15, -0.1) is 0 Å². The van der Waals surface area contributed by atoms with E-state index < -0.39 is 22.6 Å². The molecule has 0 unspecified atom stereocenters. The van der Waals surface area contributed by atoms with Gasteiger partial charge >= 0.3 is 11.8 Å². The van der Waals surface area contributed by atoms with Crippen LogP contribution in [0, 0.1) is 0 Å². The summed E-state index contributed by atoms with van der Waals surface area (Å²) >= 11 is 0. The summed E-state index contributed by atoms with van der Waals surface area (Å²) in [5.41, 5.74) is 1.73. The maximum absolute atomic E-state index is 12.3. The van der Waals surface area contributed by atoms with E-state index in [0.717, 1.165) is 18.4 Å². The van der Waals surface area contributed by atoms with Gasteiger partial charge in [-0.25, -0.2) is 0 Å². The number of carbonyl (C=O) groups is 2. The number of nitrogens with zero attached hydrogens (tertiary/aromatic N) is 1. The van der Waals surface area contributed by atoms with Gasteiger partial charge in [0.2, 0.25) is 0 Å². The van der Waals surface area contributed by atoms with Crippen molar-refractivity contribution in [2.75, 3.05) is 23.9 Å². The third kappa shape index (κ3) is 4.64. The van der Waals surface area contributed by atoms with E-state index >= 15 is 0 Å². The summed E-state index contributed by atoms with van der Waals surface area (Å²) in [4.78, 5) is 26.1. The number of aryl methyl sites for hydroxylation is 1. The Bertz CT molecular complexity index is 593. The van der Waals surface area contributed by atoms with E-state index in [1.807, 2.05) is 24.3 Å². The van der Waals surface area contributed by atoms with Crippen molar-refractivity contribution in [3.05, 3.63) is 29.8 Å². The number of nitrogens with one attached hydrogen (secondary N) is 1. The summed E-state index contributed by atoms with van der Waals surface area (Å²) in [5, 5.41) is 2.73. The molecule has 126 valence electrons. The Morgan fingerprint density at radius 3 is 2.57 bits per heavy atom. The number of likely N-dealkylation sites (N-methyl/N-ethyl adjacent to an activating group) is 1. The number of rotatable bonds is 4.